The molecular formula is C48H34N4. The van der Waals surface area contributed by atoms with Crippen molar-refractivity contribution < 1.29 is 0 Å². The molecule has 0 aliphatic carbocycles. The number of rotatable bonds is 4. The topological polar surface area (TPSA) is 32.6 Å². The van der Waals surface area contributed by atoms with Crippen molar-refractivity contribution in [1.82, 2.24) is 9.88 Å². The lowest BCUT2D eigenvalue weighted by molar-refractivity contribution is 0.987. The van der Waals surface area contributed by atoms with Gasteiger partial charge in [0, 0.05) is 34.9 Å². The van der Waals surface area contributed by atoms with Crippen molar-refractivity contribution in [2.75, 3.05) is 11.4 Å². The Kier molecular flexibility index (Phi) is 7.17. The van der Waals surface area contributed by atoms with Crippen LogP contribution in [-0.2, 0) is 0 Å². The average molecular weight is 667 g/mol. The number of hydrogen-bond donors (Lipinski definition) is 1. The third kappa shape index (κ3) is 5.12. The number of aliphatic imine (C=N–C) groups is 1. The summed E-state index contributed by atoms with van der Waals surface area (Å²) in [4.78, 5) is 7.57. The smallest absolute Gasteiger partial charge is 0.208 e. The molecule has 2 aliphatic heterocycles. The Labute approximate surface area is 303 Å². The summed E-state index contributed by atoms with van der Waals surface area (Å²) < 4.78 is 2.30. The number of aromatic nitrogens is 1. The fourth-order valence-corrected chi connectivity index (χ4v) is 7.66. The highest BCUT2D eigenvalue weighted by atomic mass is 15.3. The predicted octanol–water partition coefficient (Wildman–Crippen LogP) is 11.8. The second kappa shape index (κ2) is 12.4. The fourth-order valence-electron chi connectivity index (χ4n) is 7.66. The van der Waals surface area contributed by atoms with E-state index < -0.39 is 0 Å². The molecule has 0 fully saturated rings. The first-order chi connectivity index (χ1) is 25.8. The van der Waals surface area contributed by atoms with Crippen molar-refractivity contribution in [3.63, 3.8) is 0 Å². The molecule has 2 aliphatic rings. The summed E-state index contributed by atoms with van der Waals surface area (Å²) in [6, 6.07) is 63.0. The zero-order valence-corrected chi connectivity index (χ0v) is 28.4. The SMILES string of the molecule is C1=C(c2ccccc2)N=C(N2c3ccccc3-c3ccccc3-c3cc4c(ccn4-c4ccc(-c5ccc(-c6ccccc6)cc5)cc4)cc32)NC1. The molecule has 0 atom stereocenters. The van der Waals surface area contributed by atoms with Crippen LogP contribution in [0.25, 0.3) is 66.8 Å². The summed E-state index contributed by atoms with van der Waals surface area (Å²) in [6.07, 6.45) is 4.34. The lowest BCUT2D eigenvalue weighted by Crippen LogP contribution is -2.40. The summed E-state index contributed by atoms with van der Waals surface area (Å²) in [5.41, 5.74) is 16.1. The minimum absolute atomic E-state index is 0.690. The number of guanidine groups is 1. The molecule has 0 saturated carbocycles. The van der Waals surface area contributed by atoms with Gasteiger partial charge in [-0.05, 0) is 81.4 Å². The van der Waals surface area contributed by atoms with Crippen LogP contribution < -0.4 is 10.2 Å². The molecule has 1 aromatic heterocycles. The summed E-state index contributed by atoms with van der Waals surface area (Å²) in [6.45, 7) is 0.690. The second-order valence-electron chi connectivity index (χ2n) is 13.3. The maximum Gasteiger partial charge on any atom is 0.208 e. The molecule has 0 saturated heterocycles. The number of nitrogens with one attached hydrogen (secondary N) is 1. The van der Waals surface area contributed by atoms with Gasteiger partial charge in [-0.2, -0.15) is 0 Å². The summed E-state index contributed by atoms with van der Waals surface area (Å²) in [5, 5.41) is 4.79. The van der Waals surface area contributed by atoms with Crippen LogP contribution >= 0.6 is 0 Å². The van der Waals surface area contributed by atoms with Gasteiger partial charge in [-0.3, -0.25) is 4.90 Å². The van der Waals surface area contributed by atoms with Crippen LogP contribution in [0, 0.1) is 0 Å². The molecule has 0 amide bonds. The molecule has 1 N–H and O–H groups in total. The quantitative estimate of drug-likeness (QED) is 0.203. The van der Waals surface area contributed by atoms with Crippen LogP contribution in [0.1, 0.15) is 5.56 Å². The van der Waals surface area contributed by atoms with E-state index in [-0.39, 0.29) is 0 Å². The Morgan fingerprint density at radius 3 is 1.71 bits per heavy atom. The molecule has 10 rings (SSSR count). The first-order valence-corrected chi connectivity index (χ1v) is 17.8. The Morgan fingerprint density at radius 2 is 1.02 bits per heavy atom. The minimum atomic E-state index is 0.690. The Morgan fingerprint density at radius 1 is 0.462 bits per heavy atom. The van der Waals surface area contributed by atoms with E-state index in [4.69, 9.17) is 4.99 Å². The Hall–Kier alpha value is -6.91. The molecule has 0 radical (unpaired) electrons. The molecule has 52 heavy (non-hydrogen) atoms. The molecule has 4 nitrogen and oxygen atoms in total. The number of benzene rings is 7. The van der Waals surface area contributed by atoms with Gasteiger partial charge < -0.3 is 9.88 Å². The van der Waals surface area contributed by atoms with Crippen molar-refractivity contribution >= 4 is 33.9 Å². The maximum atomic E-state index is 5.25. The molecule has 246 valence electrons. The molecule has 0 spiro atoms. The van der Waals surface area contributed by atoms with Gasteiger partial charge >= 0.3 is 0 Å². The molecule has 0 unspecified atom stereocenters. The number of anilines is 2. The van der Waals surface area contributed by atoms with Crippen molar-refractivity contribution in [3.05, 3.63) is 194 Å². The number of nitrogens with zero attached hydrogens (tertiary/aromatic N) is 3. The molecule has 3 heterocycles. The van der Waals surface area contributed by atoms with Gasteiger partial charge in [-0.15, -0.1) is 0 Å². The third-order valence-corrected chi connectivity index (χ3v) is 10.2. The van der Waals surface area contributed by atoms with Crippen molar-refractivity contribution in [1.29, 1.82) is 0 Å². The standard InChI is InChI=1S/C48H34N4/c1-3-11-33(12-4-1)34-19-21-35(22-20-34)36-23-25-39(26-24-36)51-30-28-38-31-47-43(32-46(38)51)41-16-8-7-15-40(41)42-17-9-10-18-45(42)52(47)48-49-29-27-44(50-48)37-13-5-2-6-14-37/h1-28,30-32H,29H2,(H,49,50). The monoisotopic (exact) mass is 666 g/mol. The van der Waals surface area contributed by atoms with Crippen LogP contribution in [0.2, 0.25) is 0 Å². The van der Waals surface area contributed by atoms with E-state index in [0.29, 0.717) is 6.54 Å². The Balaban J connectivity index is 1.08. The van der Waals surface area contributed by atoms with Gasteiger partial charge in [0.25, 0.3) is 0 Å². The third-order valence-electron chi connectivity index (χ3n) is 10.2. The molecule has 4 heteroatoms. The predicted molar refractivity (Wildman–Crippen MR) is 217 cm³/mol. The van der Waals surface area contributed by atoms with E-state index in [0.717, 1.165) is 50.7 Å². The molecule has 8 aromatic rings. The first kappa shape index (κ1) is 30.0. The highest BCUT2D eigenvalue weighted by Gasteiger charge is 2.29. The number of para-hydroxylation sites is 1. The van der Waals surface area contributed by atoms with Crippen LogP contribution in [0.4, 0.5) is 11.4 Å². The lowest BCUT2D eigenvalue weighted by Gasteiger charge is -2.30. The van der Waals surface area contributed by atoms with E-state index in [1.165, 1.54) is 38.9 Å². The fraction of sp³-hybridized carbons (Fsp3) is 0.0208. The number of fused-ring (bicyclic) bond motifs is 6. The Bertz CT molecular complexity index is 2650. The van der Waals surface area contributed by atoms with E-state index in [1.807, 2.05) is 6.07 Å². The molecular weight excluding hydrogens is 633 g/mol. The zero-order chi connectivity index (χ0) is 34.4. The normalized spacial score (nSPS) is 13.3. The number of hydrogen-bond acceptors (Lipinski definition) is 3. The van der Waals surface area contributed by atoms with E-state index >= 15 is 0 Å². The van der Waals surface area contributed by atoms with E-state index in [9.17, 15) is 0 Å². The van der Waals surface area contributed by atoms with Gasteiger partial charge in [0.15, 0.2) is 0 Å². The average Bonchev–Trinajstić information content (AvgIpc) is 3.60. The highest BCUT2D eigenvalue weighted by molar-refractivity contribution is 6.15. The van der Waals surface area contributed by atoms with Gasteiger partial charge in [-0.25, -0.2) is 4.99 Å². The zero-order valence-electron chi connectivity index (χ0n) is 28.4. The first-order valence-electron chi connectivity index (χ1n) is 17.8. The van der Waals surface area contributed by atoms with Gasteiger partial charge in [0.2, 0.25) is 5.96 Å². The lowest BCUT2D eigenvalue weighted by atomic mass is 9.94. The van der Waals surface area contributed by atoms with Gasteiger partial charge in [0.05, 0.1) is 22.6 Å². The second-order valence-corrected chi connectivity index (χ2v) is 13.3. The largest absolute Gasteiger partial charge is 0.352 e. The van der Waals surface area contributed by atoms with Crippen molar-refractivity contribution in [2.45, 2.75) is 0 Å². The summed E-state index contributed by atoms with van der Waals surface area (Å²) in [7, 11) is 0. The van der Waals surface area contributed by atoms with E-state index in [1.54, 1.807) is 0 Å². The summed E-state index contributed by atoms with van der Waals surface area (Å²) in [5.74, 6) is 0.814. The van der Waals surface area contributed by atoms with Crippen LogP contribution in [0.15, 0.2) is 193 Å². The molecule has 7 aromatic carbocycles. The summed E-state index contributed by atoms with van der Waals surface area (Å²) >= 11 is 0. The van der Waals surface area contributed by atoms with E-state index in [2.05, 4.69) is 197 Å². The van der Waals surface area contributed by atoms with Crippen LogP contribution in [0.5, 0.6) is 0 Å². The highest BCUT2D eigenvalue weighted by Crippen LogP contribution is 2.49. The molecule has 0 bridgehead atoms. The van der Waals surface area contributed by atoms with Gasteiger partial charge in [-0.1, -0.05) is 140 Å². The van der Waals surface area contributed by atoms with Gasteiger partial charge in [0.1, 0.15) is 0 Å². The van der Waals surface area contributed by atoms with Crippen molar-refractivity contribution in [2.24, 2.45) is 4.99 Å². The van der Waals surface area contributed by atoms with Crippen LogP contribution in [-0.4, -0.2) is 17.1 Å². The van der Waals surface area contributed by atoms with Crippen molar-refractivity contribution in [3.8, 4) is 50.2 Å². The van der Waals surface area contributed by atoms with Crippen LogP contribution in [0.3, 0.4) is 0 Å². The minimum Gasteiger partial charge on any atom is -0.352 e. The maximum absolute atomic E-state index is 5.25.